The average Bonchev–Trinajstić information content (AvgIpc) is 2.20. The van der Waals surface area contributed by atoms with Crippen LogP contribution in [0.3, 0.4) is 0 Å². The SMILES string of the molecule is CC(=O)C(C(C)=O)C(=S)Nc1ccc(F)cc1. The summed E-state index contributed by atoms with van der Waals surface area (Å²) in [5, 5.41) is 2.76. The van der Waals surface area contributed by atoms with Crippen molar-refractivity contribution in [1.82, 2.24) is 0 Å². The van der Waals surface area contributed by atoms with E-state index >= 15 is 0 Å². The van der Waals surface area contributed by atoms with E-state index in [4.69, 9.17) is 12.2 Å². The maximum atomic E-state index is 12.7. The molecule has 0 saturated carbocycles. The Kier molecular flexibility index (Phi) is 4.45. The number of anilines is 1. The Morgan fingerprint density at radius 2 is 1.65 bits per heavy atom. The molecular weight excluding hydrogens is 241 g/mol. The first-order chi connectivity index (χ1) is 7.91. The number of hydrogen-bond donors (Lipinski definition) is 1. The molecule has 1 aromatic rings. The van der Waals surface area contributed by atoms with Gasteiger partial charge in [-0.3, -0.25) is 9.59 Å². The quantitative estimate of drug-likeness (QED) is 0.661. The number of halogens is 1. The molecule has 1 N–H and O–H groups in total. The highest BCUT2D eigenvalue weighted by Crippen LogP contribution is 2.12. The van der Waals surface area contributed by atoms with Gasteiger partial charge < -0.3 is 5.32 Å². The Balaban J connectivity index is 2.80. The number of rotatable bonds is 4. The lowest BCUT2D eigenvalue weighted by Gasteiger charge is -2.14. The highest BCUT2D eigenvalue weighted by Gasteiger charge is 2.24. The maximum Gasteiger partial charge on any atom is 0.147 e. The fourth-order valence-electron chi connectivity index (χ4n) is 1.40. The van der Waals surface area contributed by atoms with Crippen LogP contribution in [0, 0.1) is 11.7 Å². The smallest absolute Gasteiger partial charge is 0.147 e. The third kappa shape index (κ3) is 3.71. The van der Waals surface area contributed by atoms with Crippen LogP contribution in [0.15, 0.2) is 24.3 Å². The third-order valence-electron chi connectivity index (χ3n) is 2.19. The zero-order chi connectivity index (χ0) is 13.0. The largest absolute Gasteiger partial charge is 0.349 e. The molecule has 1 rings (SSSR count). The average molecular weight is 253 g/mol. The number of hydrogen-bond acceptors (Lipinski definition) is 3. The Labute approximate surface area is 104 Å². The molecule has 0 atom stereocenters. The standard InChI is InChI=1S/C12H12FNO2S/c1-7(15)11(8(2)16)12(17)14-10-5-3-9(13)4-6-10/h3-6,11H,1-2H3,(H,14,17). The summed E-state index contributed by atoms with van der Waals surface area (Å²) in [7, 11) is 0. The lowest BCUT2D eigenvalue weighted by Crippen LogP contribution is -2.32. The Hall–Kier alpha value is -1.62. The predicted molar refractivity (Wildman–Crippen MR) is 67.5 cm³/mol. The summed E-state index contributed by atoms with van der Waals surface area (Å²) < 4.78 is 12.7. The minimum atomic E-state index is -0.935. The third-order valence-corrected chi connectivity index (χ3v) is 2.52. The van der Waals surface area contributed by atoms with Crippen LogP contribution in [-0.2, 0) is 9.59 Å². The van der Waals surface area contributed by atoms with Crippen LogP contribution in [-0.4, -0.2) is 16.6 Å². The van der Waals surface area contributed by atoms with E-state index in [-0.39, 0.29) is 22.4 Å². The number of ketones is 2. The molecule has 0 spiro atoms. The van der Waals surface area contributed by atoms with E-state index < -0.39 is 5.92 Å². The zero-order valence-corrected chi connectivity index (χ0v) is 10.3. The fourth-order valence-corrected chi connectivity index (χ4v) is 1.85. The van der Waals surface area contributed by atoms with E-state index in [1.54, 1.807) is 0 Å². The van der Waals surface area contributed by atoms with Gasteiger partial charge in [0.05, 0.1) is 4.99 Å². The molecule has 0 unspecified atom stereocenters. The molecule has 0 aliphatic heterocycles. The molecule has 0 aliphatic carbocycles. The molecule has 3 nitrogen and oxygen atoms in total. The van der Waals surface area contributed by atoms with Crippen LogP contribution in [0.5, 0.6) is 0 Å². The van der Waals surface area contributed by atoms with Crippen molar-refractivity contribution in [3.05, 3.63) is 30.1 Å². The van der Waals surface area contributed by atoms with E-state index in [0.717, 1.165) is 0 Å². The Bertz CT molecular complexity index is 442. The fraction of sp³-hybridized carbons (Fsp3) is 0.250. The van der Waals surface area contributed by atoms with Crippen molar-refractivity contribution < 1.29 is 14.0 Å². The molecule has 0 radical (unpaired) electrons. The summed E-state index contributed by atoms with van der Waals surface area (Å²) >= 11 is 5.00. The van der Waals surface area contributed by atoms with Gasteiger partial charge in [-0.1, -0.05) is 12.2 Å². The molecule has 0 heterocycles. The van der Waals surface area contributed by atoms with Crippen LogP contribution in [0.25, 0.3) is 0 Å². The summed E-state index contributed by atoms with van der Waals surface area (Å²) in [5.74, 6) is -1.92. The first kappa shape index (κ1) is 13.4. The molecule has 0 saturated heterocycles. The number of carbonyl (C=O) groups excluding carboxylic acids is 2. The summed E-state index contributed by atoms with van der Waals surface area (Å²) in [4.78, 5) is 22.7. The second kappa shape index (κ2) is 5.63. The highest BCUT2D eigenvalue weighted by atomic mass is 32.1. The molecule has 0 fully saturated rings. The first-order valence-corrected chi connectivity index (χ1v) is 5.40. The van der Waals surface area contributed by atoms with Gasteiger partial charge in [-0.2, -0.15) is 0 Å². The van der Waals surface area contributed by atoms with Gasteiger partial charge in [-0.05, 0) is 38.1 Å². The lowest BCUT2D eigenvalue weighted by atomic mass is 10.0. The van der Waals surface area contributed by atoms with Crippen molar-refractivity contribution in [3.8, 4) is 0 Å². The summed E-state index contributed by atoms with van der Waals surface area (Å²) in [6, 6.07) is 5.50. The van der Waals surface area contributed by atoms with Gasteiger partial charge in [0.2, 0.25) is 0 Å². The van der Waals surface area contributed by atoms with Crippen molar-refractivity contribution in [2.75, 3.05) is 5.32 Å². The number of Topliss-reactive ketones (excluding diaryl/α,β-unsaturated/α-hetero) is 2. The van der Waals surface area contributed by atoms with Gasteiger partial charge >= 0.3 is 0 Å². The van der Waals surface area contributed by atoms with Crippen molar-refractivity contribution in [1.29, 1.82) is 0 Å². The summed E-state index contributed by atoms with van der Waals surface area (Å²) in [6.45, 7) is 2.62. The number of thiocarbonyl (C=S) groups is 1. The van der Waals surface area contributed by atoms with Crippen LogP contribution in [0.1, 0.15) is 13.8 Å². The van der Waals surface area contributed by atoms with E-state index in [9.17, 15) is 14.0 Å². The molecule has 0 aromatic heterocycles. The van der Waals surface area contributed by atoms with E-state index in [1.165, 1.54) is 38.1 Å². The zero-order valence-electron chi connectivity index (χ0n) is 9.49. The summed E-state index contributed by atoms with van der Waals surface area (Å²) in [5.41, 5.74) is 0.545. The Morgan fingerprint density at radius 1 is 1.18 bits per heavy atom. The Morgan fingerprint density at radius 3 is 2.06 bits per heavy atom. The molecule has 5 heteroatoms. The van der Waals surface area contributed by atoms with Gasteiger partial charge in [-0.25, -0.2) is 4.39 Å². The molecule has 1 aromatic carbocycles. The maximum absolute atomic E-state index is 12.7. The first-order valence-electron chi connectivity index (χ1n) is 4.99. The van der Waals surface area contributed by atoms with Crippen LogP contribution in [0.4, 0.5) is 10.1 Å². The highest BCUT2D eigenvalue weighted by molar-refractivity contribution is 7.80. The van der Waals surface area contributed by atoms with Gasteiger partial charge in [-0.15, -0.1) is 0 Å². The van der Waals surface area contributed by atoms with E-state index in [0.29, 0.717) is 5.69 Å². The number of carbonyl (C=O) groups is 2. The lowest BCUT2D eigenvalue weighted by molar-refractivity contribution is -0.127. The van der Waals surface area contributed by atoms with Gasteiger partial charge in [0, 0.05) is 5.69 Å². The number of benzene rings is 1. The van der Waals surface area contributed by atoms with Gasteiger partial charge in [0.1, 0.15) is 23.3 Å². The molecular formula is C12H12FNO2S. The van der Waals surface area contributed by atoms with Crippen LogP contribution in [0.2, 0.25) is 0 Å². The summed E-state index contributed by atoms with van der Waals surface area (Å²) in [6.07, 6.45) is 0. The molecule has 0 amide bonds. The molecule has 90 valence electrons. The second-order valence-electron chi connectivity index (χ2n) is 3.65. The van der Waals surface area contributed by atoms with Crippen molar-refractivity contribution in [2.45, 2.75) is 13.8 Å². The monoisotopic (exact) mass is 253 g/mol. The number of nitrogens with one attached hydrogen (secondary N) is 1. The van der Waals surface area contributed by atoms with Crippen molar-refractivity contribution >= 4 is 34.5 Å². The minimum absolute atomic E-state index is 0.136. The molecule has 0 bridgehead atoms. The predicted octanol–water partition coefficient (Wildman–Crippen LogP) is 2.36. The van der Waals surface area contributed by atoms with Crippen LogP contribution >= 0.6 is 12.2 Å². The normalized spacial score (nSPS) is 10.1. The van der Waals surface area contributed by atoms with Crippen molar-refractivity contribution in [3.63, 3.8) is 0 Å². The van der Waals surface area contributed by atoms with Crippen LogP contribution < -0.4 is 5.32 Å². The van der Waals surface area contributed by atoms with Gasteiger partial charge in [0.15, 0.2) is 0 Å². The minimum Gasteiger partial charge on any atom is -0.349 e. The molecule has 0 aliphatic rings. The van der Waals surface area contributed by atoms with E-state index in [1.807, 2.05) is 0 Å². The molecule has 17 heavy (non-hydrogen) atoms. The van der Waals surface area contributed by atoms with Gasteiger partial charge in [0.25, 0.3) is 0 Å². The van der Waals surface area contributed by atoms with E-state index in [2.05, 4.69) is 5.32 Å². The topological polar surface area (TPSA) is 46.2 Å². The second-order valence-corrected chi connectivity index (χ2v) is 4.09. The van der Waals surface area contributed by atoms with Crippen molar-refractivity contribution in [2.24, 2.45) is 5.92 Å².